The maximum absolute atomic E-state index is 12.6. The first-order chi connectivity index (χ1) is 16.5. The van der Waals surface area contributed by atoms with Gasteiger partial charge in [-0.15, -0.1) is 0 Å². The predicted molar refractivity (Wildman–Crippen MR) is 131 cm³/mol. The predicted octanol–water partition coefficient (Wildman–Crippen LogP) is 2.14. The van der Waals surface area contributed by atoms with Crippen LogP contribution in [0, 0.1) is 40.4 Å². The number of rotatable bonds is 5. The summed E-state index contributed by atoms with van der Waals surface area (Å²) in [5, 5.41) is 47.1. The summed E-state index contributed by atoms with van der Waals surface area (Å²) in [4.78, 5) is 24.8. The van der Waals surface area contributed by atoms with Crippen molar-refractivity contribution in [2.24, 2.45) is 40.4 Å². The minimum atomic E-state index is -2.16. The molecule has 2 fully saturated rings. The van der Waals surface area contributed by atoms with E-state index in [4.69, 9.17) is 9.47 Å². The van der Waals surface area contributed by atoms with Crippen LogP contribution in [0.15, 0.2) is 23.3 Å². The highest BCUT2D eigenvalue weighted by Crippen LogP contribution is 2.76. The minimum absolute atomic E-state index is 0.0588. The van der Waals surface area contributed by atoms with Crippen LogP contribution >= 0.6 is 0 Å². The molecule has 0 aromatic carbocycles. The highest BCUT2D eigenvalue weighted by molar-refractivity contribution is 5.72. The Morgan fingerprint density at radius 1 is 1.14 bits per heavy atom. The Labute approximate surface area is 213 Å². The largest absolute Gasteiger partial charge is 0.461 e. The second-order valence-corrected chi connectivity index (χ2v) is 12.6. The van der Waals surface area contributed by atoms with Gasteiger partial charge in [-0.05, 0) is 36.3 Å². The molecule has 36 heavy (non-hydrogen) atoms. The first-order valence-electron chi connectivity index (χ1n) is 13.0. The van der Waals surface area contributed by atoms with E-state index in [1.165, 1.54) is 6.92 Å². The Morgan fingerprint density at radius 2 is 1.75 bits per heavy atom. The number of carbonyl (C=O) groups is 2. The first kappa shape index (κ1) is 27.3. The molecule has 0 amide bonds. The fourth-order valence-electron chi connectivity index (χ4n) is 7.84. The molecule has 8 nitrogen and oxygen atoms in total. The third-order valence-corrected chi connectivity index (χ3v) is 10.2. The number of ether oxygens (including phenoxy) is 2. The highest BCUT2D eigenvalue weighted by atomic mass is 16.6. The van der Waals surface area contributed by atoms with Gasteiger partial charge in [0.2, 0.25) is 0 Å². The van der Waals surface area contributed by atoms with Gasteiger partial charge in [0.25, 0.3) is 0 Å². The van der Waals surface area contributed by atoms with Crippen molar-refractivity contribution in [3.63, 3.8) is 0 Å². The molecule has 0 radical (unpaired) electrons. The van der Waals surface area contributed by atoms with Crippen LogP contribution in [-0.4, -0.2) is 68.5 Å². The quantitative estimate of drug-likeness (QED) is 0.329. The van der Waals surface area contributed by atoms with Crippen molar-refractivity contribution in [2.45, 2.75) is 91.3 Å². The SMILES string of the molecule is CC(=O)O[C@@]12C[C@@H](C)[C@]34C=C(C)[C@H](O)[C@@]3(O)[C@H](O)C(COC(=O)C(C)C(C)C)=C[C@H](C4O)[C@@H]1C2(C)C. The first-order valence-corrected chi connectivity index (χ1v) is 13.0. The second kappa shape index (κ2) is 8.38. The zero-order chi connectivity index (χ0) is 27.2. The number of hydrogen-bond acceptors (Lipinski definition) is 8. The van der Waals surface area contributed by atoms with Gasteiger partial charge in [0.05, 0.1) is 17.4 Å². The van der Waals surface area contributed by atoms with Crippen molar-refractivity contribution < 1.29 is 39.5 Å². The van der Waals surface area contributed by atoms with Crippen molar-refractivity contribution in [2.75, 3.05) is 6.61 Å². The normalized spacial score (nSPS) is 45.4. The lowest BCUT2D eigenvalue weighted by Crippen LogP contribution is -2.66. The number of carbonyl (C=O) groups excluding carboxylic acids is 2. The van der Waals surface area contributed by atoms with E-state index in [9.17, 15) is 30.0 Å². The Kier molecular flexibility index (Phi) is 6.36. The van der Waals surface area contributed by atoms with Gasteiger partial charge in [0.1, 0.15) is 30.0 Å². The molecule has 2 saturated carbocycles. The van der Waals surface area contributed by atoms with E-state index in [-0.39, 0.29) is 29.9 Å². The van der Waals surface area contributed by atoms with Gasteiger partial charge in [-0.2, -0.15) is 0 Å². The average Bonchev–Trinajstić information content (AvgIpc) is 3.19. The van der Waals surface area contributed by atoms with Crippen molar-refractivity contribution in [3.8, 4) is 0 Å². The summed E-state index contributed by atoms with van der Waals surface area (Å²) in [5.41, 5.74) is -4.26. The Hall–Kier alpha value is -1.74. The molecule has 2 bridgehead atoms. The average molecular weight is 507 g/mol. The lowest BCUT2D eigenvalue weighted by atomic mass is 9.58. The van der Waals surface area contributed by atoms with Crippen LogP contribution in [0.1, 0.15) is 61.8 Å². The van der Waals surface area contributed by atoms with Gasteiger partial charge in [-0.25, -0.2) is 0 Å². The van der Waals surface area contributed by atoms with E-state index >= 15 is 0 Å². The zero-order valence-corrected chi connectivity index (χ0v) is 22.6. The van der Waals surface area contributed by atoms with E-state index in [2.05, 4.69) is 0 Å². The van der Waals surface area contributed by atoms with Gasteiger partial charge in [0, 0.05) is 24.2 Å². The van der Waals surface area contributed by atoms with Crippen LogP contribution in [0.2, 0.25) is 0 Å². The number of hydrogen-bond donors (Lipinski definition) is 4. The molecule has 4 aliphatic rings. The van der Waals surface area contributed by atoms with Gasteiger partial charge in [-0.3, -0.25) is 9.59 Å². The molecule has 4 aliphatic carbocycles. The van der Waals surface area contributed by atoms with Crippen molar-refractivity contribution in [3.05, 3.63) is 23.3 Å². The summed E-state index contributed by atoms with van der Waals surface area (Å²) in [6.45, 7) is 14.2. The van der Waals surface area contributed by atoms with E-state index in [1.807, 2.05) is 34.6 Å². The van der Waals surface area contributed by atoms with Gasteiger partial charge < -0.3 is 29.9 Å². The van der Waals surface area contributed by atoms with Gasteiger partial charge >= 0.3 is 11.9 Å². The topological polar surface area (TPSA) is 134 Å². The van der Waals surface area contributed by atoms with Crippen LogP contribution in [0.5, 0.6) is 0 Å². The molecule has 4 N–H and O–H groups in total. The third kappa shape index (κ3) is 3.27. The van der Waals surface area contributed by atoms with Crippen molar-refractivity contribution in [1.29, 1.82) is 0 Å². The number of fused-ring (bicyclic) bond motifs is 3. The van der Waals surface area contributed by atoms with Crippen molar-refractivity contribution >= 4 is 11.9 Å². The molecule has 0 heterocycles. The molecule has 1 spiro atoms. The summed E-state index contributed by atoms with van der Waals surface area (Å²) < 4.78 is 11.5. The lowest BCUT2D eigenvalue weighted by Gasteiger charge is -2.51. The van der Waals surface area contributed by atoms with E-state index in [0.29, 0.717) is 12.0 Å². The summed E-state index contributed by atoms with van der Waals surface area (Å²) in [5.74, 6) is -2.55. The third-order valence-electron chi connectivity index (χ3n) is 10.2. The summed E-state index contributed by atoms with van der Waals surface area (Å²) in [6.07, 6.45) is -0.477. The molecule has 0 aromatic heterocycles. The van der Waals surface area contributed by atoms with Crippen LogP contribution in [0.4, 0.5) is 0 Å². The standard InChI is InChI=1S/C28H42O8/c1-13(2)16(5)24(33)35-12-18-9-19-20-25(7,8)27(20,36-17(6)29)11-15(4)26(23(19)32)10-14(3)21(30)28(26,34)22(18)31/h9-10,13,15-16,19-23,30-32,34H,11-12H2,1-8H3/t15-,16?,19+,20-,21+,22-,23?,26+,27+,28-/m1/s1. The fourth-order valence-corrected chi connectivity index (χ4v) is 7.84. The maximum atomic E-state index is 12.6. The highest BCUT2D eigenvalue weighted by Gasteiger charge is 2.82. The second-order valence-electron chi connectivity index (χ2n) is 12.6. The van der Waals surface area contributed by atoms with Crippen LogP contribution in [-0.2, 0) is 19.1 Å². The molecular formula is C28H42O8. The van der Waals surface area contributed by atoms with Crippen LogP contribution in [0.3, 0.4) is 0 Å². The monoisotopic (exact) mass is 506 g/mol. The molecule has 8 heteroatoms. The zero-order valence-electron chi connectivity index (χ0n) is 22.6. The molecule has 2 unspecified atom stereocenters. The van der Waals surface area contributed by atoms with E-state index in [1.54, 1.807) is 26.0 Å². The molecule has 4 rings (SSSR count). The summed E-state index contributed by atoms with van der Waals surface area (Å²) in [6, 6.07) is 0. The van der Waals surface area contributed by atoms with E-state index < -0.39 is 64.1 Å². The van der Waals surface area contributed by atoms with Crippen molar-refractivity contribution in [1.82, 2.24) is 0 Å². The fraction of sp³-hybridized carbons (Fsp3) is 0.786. The lowest BCUT2D eigenvalue weighted by molar-refractivity contribution is -0.217. The van der Waals surface area contributed by atoms with Gasteiger partial charge in [0.15, 0.2) is 0 Å². The minimum Gasteiger partial charge on any atom is -0.461 e. The number of aliphatic hydroxyl groups excluding tert-OH is 3. The van der Waals surface area contributed by atoms with E-state index in [0.717, 1.165) is 0 Å². The molecule has 10 atom stereocenters. The van der Waals surface area contributed by atoms with Crippen LogP contribution in [0.25, 0.3) is 0 Å². The number of aliphatic hydroxyl groups is 4. The number of esters is 2. The molecule has 0 aliphatic heterocycles. The smallest absolute Gasteiger partial charge is 0.309 e. The Bertz CT molecular complexity index is 1010. The Balaban J connectivity index is 1.86. The molecule has 0 aromatic rings. The Morgan fingerprint density at radius 3 is 2.31 bits per heavy atom. The molecular weight excluding hydrogens is 464 g/mol. The summed E-state index contributed by atoms with van der Waals surface area (Å²) in [7, 11) is 0. The molecule has 0 saturated heterocycles. The van der Waals surface area contributed by atoms with Gasteiger partial charge in [-0.1, -0.05) is 53.7 Å². The maximum Gasteiger partial charge on any atom is 0.309 e. The summed E-state index contributed by atoms with van der Waals surface area (Å²) >= 11 is 0. The van der Waals surface area contributed by atoms with Crippen LogP contribution < -0.4 is 0 Å². The molecule has 202 valence electrons.